The fourth-order valence-electron chi connectivity index (χ4n) is 1.61. The van der Waals surface area contributed by atoms with Crippen LogP contribution in [0.4, 0.5) is 0 Å². The van der Waals surface area contributed by atoms with E-state index in [-0.39, 0.29) is 12.1 Å². The molecule has 6 heteroatoms. The average molecular weight is 235 g/mol. The van der Waals surface area contributed by atoms with Gasteiger partial charge in [-0.25, -0.2) is 0 Å². The minimum absolute atomic E-state index is 0.164. The van der Waals surface area contributed by atoms with E-state index in [1.54, 1.807) is 6.08 Å². The normalized spacial score (nSPS) is 13.5. The zero-order valence-electron chi connectivity index (χ0n) is 10.2. The predicted octanol–water partition coefficient (Wildman–Crippen LogP) is 4.16. The van der Waals surface area contributed by atoms with E-state index in [4.69, 9.17) is 16.2 Å². The van der Waals surface area contributed by atoms with Gasteiger partial charge in [0.05, 0.1) is 0 Å². The maximum atomic E-state index is 8.86. The van der Waals surface area contributed by atoms with Gasteiger partial charge in [-0.05, 0) is 12.8 Å². The summed E-state index contributed by atoms with van der Waals surface area (Å²) in [6, 6.07) is -0.404. The lowest BCUT2D eigenvalue weighted by Gasteiger charge is -1.97. The lowest BCUT2D eigenvalue weighted by Crippen LogP contribution is -2.12. The van der Waals surface area contributed by atoms with Crippen LogP contribution in [0.15, 0.2) is 12.3 Å². The zero-order chi connectivity index (χ0) is 12.9. The molecule has 17 heavy (non-hydrogen) atoms. The average Bonchev–Trinajstić information content (AvgIpc) is 2.37. The molecule has 0 aromatic heterocycles. The molecule has 2 unspecified atom stereocenters. The molecule has 0 rings (SSSR count). The molecule has 0 saturated heterocycles. The molecule has 0 aromatic carbocycles. The van der Waals surface area contributed by atoms with Crippen molar-refractivity contribution in [3.8, 4) is 0 Å². The molecule has 0 spiro atoms. The van der Waals surface area contributed by atoms with Gasteiger partial charge in [-0.3, -0.25) is 0 Å². The molecule has 0 heterocycles. The second-order valence-corrected chi connectivity index (χ2v) is 3.99. The fourth-order valence-corrected chi connectivity index (χ4v) is 1.61. The number of unbranched alkanes of at least 4 members (excludes halogenated alkanes) is 1. The Morgan fingerprint density at radius 1 is 1.06 bits per heavy atom. The molecule has 0 aromatic rings. The lowest BCUT2D eigenvalue weighted by molar-refractivity contribution is 0.533. The quantitative estimate of drug-likeness (QED) is 0.592. The highest BCUT2D eigenvalue weighted by atomic mass is 14.9. The molecule has 0 aliphatic heterocycles. The number of nitrogens with zero attached hydrogens (tertiary/aromatic N) is 6. The summed E-state index contributed by atoms with van der Waals surface area (Å²) in [7, 11) is 0. The molecule has 0 aliphatic carbocycles. The number of hydrogen-bond acceptors (Lipinski definition) is 3. The van der Waals surface area contributed by atoms with Crippen molar-refractivity contribution in [3.63, 3.8) is 0 Å². The first-order valence-electron chi connectivity index (χ1n) is 5.96. The second kappa shape index (κ2) is 10.5. The SMILES string of the molecule is CCCCC(CC(CCC=C[N+]#N)[N+]#N)[N+]#N. The van der Waals surface area contributed by atoms with Gasteiger partial charge in [0.1, 0.15) is 16.4 Å². The third-order valence-electron chi connectivity index (χ3n) is 2.60. The van der Waals surface area contributed by atoms with Crippen molar-refractivity contribution in [3.05, 3.63) is 27.2 Å². The van der Waals surface area contributed by atoms with Crippen LogP contribution in [0, 0.1) is 16.2 Å². The molecule has 0 fully saturated rings. The summed E-state index contributed by atoms with van der Waals surface area (Å²) in [6.07, 6.45) is 7.67. The first kappa shape index (κ1) is 15.0. The Kier molecular flexibility index (Phi) is 9.28. The maximum Gasteiger partial charge on any atom is 0.346 e. The molecule has 0 saturated carbocycles. The van der Waals surface area contributed by atoms with Crippen LogP contribution < -0.4 is 0 Å². The summed E-state index contributed by atoms with van der Waals surface area (Å²) < 4.78 is 0. The highest BCUT2D eigenvalue weighted by Gasteiger charge is 2.31. The van der Waals surface area contributed by atoms with E-state index < -0.39 is 0 Å². The Labute approximate surface area is 102 Å². The Hall–Kier alpha value is -2.00. The smallest absolute Gasteiger partial charge is 0.0654 e. The van der Waals surface area contributed by atoms with Crippen molar-refractivity contribution in [1.29, 1.82) is 16.2 Å². The van der Waals surface area contributed by atoms with Gasteiger partial charge in [0.15, 0.2) is 4.98 Å². The molecule has 90 valence electrons. The van der Waals surface area contributed by atoms with Gasteiger partial charge >= 0.3 is 18.3 Å². The topological polar surface area (TPSA) is 84.4 Å². The highest BCUT2D eigenvalue weighted by Crippen LogP contribution is 2.16. The molecule has 0 aliphatic rings. The Bertz CT molecular complexity index is 342. The van der Waals surface area contributed by atoms with Gasteiger partial charge in [0.25, 0.3) is 0 Å². The number of allylic oxidation sites excluding steroid dienone is 1. The van der Waals surface area contributed by atoms with Crippen LogP contribution >= 0.6 is 0 Å². The van der Waals surface area contributed by atoms with E-state index in [9.17, 15) is 0 Å². The Morgan fingerprint density at radius 3 is 2.24 bits per heavy atom. The monoisotopic (exact) mass is 235 g/mol. The molecular formula is C11H19N6+3. The molecular weight excluding hydrogens is 216 g/mol. The van der Waals surface area contributed by atoms with E-state index in [2.05, 4.69) is 21.9 Å². The van der Waals surface area contributed by atoms with Crippen molar-refractivity contribution >= 4 is 0 Å². The third-order valence-corrected chi connectivity index (χ3v) is 2.60. The van der Waals surface area contributed by atoms with Gasteiger partial charge in [-0.15, -0.1) is 0 Å². The van der Waals surface area contributed by atoms with Crippen LogP contribution in [0.25, 0.3) is 14.9 Å². The molecule has 0 N–H and O–H groups in total. The molecule has 6 nitrogen and oxygen atoms in total. The van der Waals surface area contributed by atoms with E-state index in [0.717, 1.165) is 19.3 Å². The molecule has 0 radical (unpaired) electrons. The van der Waals surface area contributed by atoms with Crippen LogP contribution in [0.2, 0.25) is 0 Å². The van der Waals surface area contributed by atoms with Crippen LogP contribution in [0.5, 0.6) is 0 Å². The van der Waals surface area contributed by atoms with Crippen molar-refractivity contribution in [2.75, 3.05) is 0 Å². The predicted molar refractivity (Wildman–Crippen MR) is 65.3 cm³/mol. The van der Waals surface area contributed by atoms with Crippen molar-refractivity contribution in [2.45, 2.75) is 57.5 Å². The van der Waals surface area contributed by atoms with Gasteiger partial charge in [0.2, 0.25) is 16.2 Å². The Balaban J connectivity index is 4.03. The van der Waals surface area contributed by atoms with E-state index in [1.807, 2.05) is 0 Å². The van der Waals surface area contributed by atoms with Crippen molar-refractivity contribution in [2.24, 2.45) is 0 Å². The molecule has 2 atom stereocenters. The first-order valence-corrected chi connectivity index (χ1v) is 5.96. The van der Waals surface area contributed by atoms with Gasteiger partial charge in [-0.2, -0.15) is 0 Å². The summed E-state index contributed by atoms with van der Waals surface area (Å²) in [6.45, 7) is 2.07. The summed E-state index contributed by atoms with van der Waals surface area (Å²) in [5.74, 6) is 0. The largest absolute Gasteiger partial charge is 0.346 e. The van der Waals surface area contributed by atoms with E-state index in [0.29, 0.717) is 19.3 Å². The molecule has 0 amide bonds. The van der Waals surface area contributed by atoms with Gasteiger partial charge in [-0.1, -0.05) is 13.3 Å². The number of diazo groups is 3. The van der Waals surface area contributed by atoms with E-state index >= 15 is 0 Å². The second-order valence-electron chi connectivity index (χ2n) is 3.99. The lowest BCUT2D eigenvalue weighted by atomic mass is 10.00. The summed E-state index contributed by atoms with van der Waals surface area (Å²) in [5.41, 5.74) is 0. The van der Waals surface area contributed by atoms with Crippen LogP contribution in [0.3, 0.4) is 0 Å². The number of rotatable bonds is 8. The maximum absolute atomic E-state index is 8.86. The van der Waals surface area contributed by atoms with Gasteiger partial charge < -0.3 is 0 Å². The van der Waals surface area contributed by atoms with Crippen LogP contribution in [-0.2, 0) is 0 Å². The minimum Gasteiger partial charge on any atom is -0.0654 e. The third kappa shape index (κ3) is 7.88. The van der Waals surface area contributed by atoms with Gasteiger partial charge in [0, 0.05) is 18.9 Å². The zero-order valence-corrected chi connectivity index (χ0v) is 10.2. The Morgan fingerprint density at radius 2 is 1.71 bits per heavy atom. The van der Waals surface area contributed by atoms with Crippen molar-refractivity contribution in [1.82, 2.24) is 0 Å². The summed E-state index contributed by atoms with van der Waals surface area (Å²) >= 11 is 0. The van der Waals surface area contributed by atoms with Crippen molar-refractivity contribution < 1.29 is 0 Å². The minimum atomic E-state index is -0.240. The fraction of sp³-hybridized carbons (Fsp3) is 0.818. The van der Waals surface area contributed by atoms with E-state index in [1.165, 1.54) is 6.20 Å². The van der Waals surface area contributed by atoms with Crippen LogP contribution in [0.1, 0.15) is 45.4 Å². The highest BCUT2D eigenvalue weighted by molar-refractivity contribution is 4.92. The summed E-state index contributed by atoms with van der Waals surface area (Å²) in [4.78, 5) is 9.44. The number of hydrogen-bond donors (Lipinski definition) is 0. The standard InChI is InChI=1S/C11H19N6/c1-2-3-6-10(16-13)9-11(17-14)7-4-5-8-15-12/h5,8,10-11H,2-4,6-7,9H2,1H3/q+3. The summed E-state index contributed by atoms with van der Waals surface area (Å²) in [5, 5.41) is 25.9. The molecule has 0 bridgehead atoms. The first-order chi connectivity index (χ1) is 8.28. The van der Waals surface area contributed by atoms with Crippen LogP contribution in [-0.4, -0.2) is 12.1 Å².